The molecular formula is C20H17N3O5. The van der Waals surface area contributed by atoms with Crippen LogP contribution in [0.15, 0.2) is 66.9 Å². The quantitative estimate of drug-likeness (QED) is 0.262. The van der Waals surface area contributed by atoms with Crippen molar-refractivity contribution < 1.29 is 19.2 Å². The van der Waals surface area contributed by atoms with E-state index in [9.17, 15) is 19.7 Å². The summed E-state index contributed by atoms with van der Waals surface area (Å²) < 4.78 is 5.58. The molecule has 1 saturated heterocycles. The highest BCUT2D eigenvalue weighted by Crippen LogP contribution is 2.30. The van der Waals surface area contributed by atoms with Gasteiger partial charge in [-0.2, -0.15) is 0 Å². The molecule has 0 unspecified atom stereocenters. The fourth-order valence-electron chi connectivity index (χ4n) is 2.66. The summed E-state index contributed by atoms with van der Waals surface area (Å²) >= 11 is 0. The first kappa shape index (κ1) is 18.8. The number of amides is 3. The largest absolute Gasteiger partial charge is 0.482 e. The van der Waals surface area contributed by atoms with Crippen LogP contribution in [0.3, 0.4) is 0 Å². The van der Waals surface area contributed by atoms with E-state index in [1.807, 2.05) is 30.3 Å². The Balaban J connectivity index is 1.83. The number of carbonyl (C=O) groups excluding carboxylic acids is 2. The van der Waals surface area contributed by atoms with Crippen LogP contribution in [0.25, 0.3) is 6.08 Å². The van der Waals surface area contributed by atoms with Crippen LogP contribution >= 0.6 is 0 Å². The zero-order valence-corrected chi connectivity index (χ0v) is 14.8. The standard InChI is InChI=1S/C20H17N3O5/c1-2-10-22-19(24)16(21-20(22)25)11-15-8-9-18(17(12-15)23(26)27)28-13-14-6-4-3-5-7-14/h2-9,11-12H,1,10,13H2,(H,21,25)/b16-11+. The van der Waals surface area contributed by atoms with E-state index in [-0.39, 0.29) is 30.3 Å². The summed E-state index contributed by atoms with van der Waals surface area (Å²) in [6.45, 7) is 3.77. The minimum absolute atomic E-state index is 0.0408. The van der Waals surface area contributed by atoms with E-state index in [4.69, 9.17) is 4.74 Å². The van der Waals surface area contributed by atoms with Crippen LogP contribution in [0.2, 0.25) is 0 Å². The van der Waals surface area contributed by atoms with E-state index in [2.05, 4.69) is 11.9 Å². The zero-order chi connectivity index (χ0) is 20.1. The van der Waals surface area contributed by atoms with E-state index in [0.717, 1.165) is 10.5 Å². The number of nitro benzene ring substituents is 1. The van der Waals surface area contributed by atoms with Crippen molar-refractivity contribution in [1.82, 2.24) is 10.2 Å². The van der Waals surface area contributed by atoms with Crippen LogP contribution in [0.1, 0.15) is 11.1 Å². The molecule has 0 aliphatic carbocycles. The molecule has 142 valence electrons. The Kier molecular flexibility index (Phi) is 5.50. The molecule has 3 amide bonds. The molecule has 0 aromatic heterocycles. The van der Waals surface area contributed by atoms with Crippen molar-refractivity contribution in [2.24, 2.45) is 0 Å². The number of imide groups is 1. The molecule has 2 aromatic rings. The highest BCUT2D eigenvalue weighted by Gasteiger charge is 2.32. The number of hydrogen-bond donors (Lipinski definition) is 1. The fraction of sp³-hybridized carbons (Fsp3) is 0.100. The zero-order valence-electron chi connectivity index (χ0n) is 14.8. The second-order valence-electron chi connectivity index (χ2n) is 5.95. The first-order chi connectivity index (χ1) is 13.5. The second kappa shape index (κ2) is 8.17. The lowest BCUT2D eigenvalue weighted by molar-refractivity contribution is -0.386. The van der Waals surface area contributed by atoms with Gasteiger partial charge in [-0.1, -0.05) is 42.5 Å². The molecule has 0 radical (unpaired) electrons. The number of nitro groups is 1. The van der Waals surface area contributed by atoms with Gasteiger partial charge in [0.15, 0.2) is 5.75 Å². The second-order valence-corrected chi connectivity index (χ2v) is 5.95. The van der Waals surface area contributed by atoms with Crippen molar-refractivity contribution in [2.75, 3.05) is 6.54 Å². The Labute approximate surface area is 160 Å². The normalized spacial score (nSPS) is 14.9. The maximum atomic E-state index is 12.2. The monoisotopic (exact) mass is 379 g/mol. The number of nitrogens with one attached hydrogen (secondary N) is 1. The average molecular weight is 379 g/mol. The highest BCUT2D eigenvalue weighted by molar-refractivity contribution is 6.14. The molecule has 0 bridgehead atoms. The summed E-state index contributed by atoms with van der Waals surface area (Å²) in [5.74, 6) is -0.400. The number of benzene rings is 2. The van der Waals surface area contributed by atoms with Crippen molar-refractivity contribution >= 4 is 23.7 Å². The number of urea groups is 1. The van der Waals surface area contributed by atoms with Crippen LogP contribution in [-0.2, 0) is 11.4 Å². The molecule has 3 rings (SSSR count). The number of ether oxygens (including phenoxy) is 1. The first-order valence-electron chi connectivity index (χ1n) is 8.40. The molecular weight excluding hydrogens is 362 g/mol. The molecule has 0 atom stereocenters. The first-order valence-corrected chi connectivity index (χ1v) is 8.40. The summed E-state index contributed by atoms with van der Waals surface area (Å²) in [5, 5.41) is 13.9. The number of rotatable bonds is 7. The van der Waals surface area contributed by atoms with Gasteiger partial charge in [0.05, 0.1) is 4.92 Å². The summed E-state index contributed by atoms with van der Waals surface area (Å²) in [6, 6.07) is 13.1. The molecule has 1 aliphatic rings. The van der Waals surface area contributed by atoms with Gasteiger partial charge in [0.2, 0.25) is 0 Å². The van der Waals surface area contributed by atoms with Gasteiger partial charge in [-0.3, -0.25) is 19.8 Å². The van der Waals surface area contributed by atoms with Gasteiger partial charge < -0.3 is 10.1 Å². The topological polar surface area (TPSA) is 102 Å². The van der Waals surface area contributed by atoms with E-state index in [1.165, 1.54) is 24.3 Å². The van der Waals surface area contributed by atoms with Crippen LogP contribution in [0.5, 0.6) is 5.75 Å². The van der Waals surface area contributed by atoms with E-state index >= 15 is 0 Å². The summed E-state index contributed by atoms with van der Waals surface area (Å²) in [4.78, 5) is 35.9. The Morgan fingerprint density at radius 2 is 1.93 bits per heavy atom. The van der Waals surface area contributed by atoms with Gasteiger partial charge in [0.25, 0.3) is 5.91 Å². The van der Waals surface area contributed by atoms with Gasteiger partial charge in [0.1, 0.15) is 12.3 Å². The van der Waals surface area contributed by atoms with Crippen molar-refractivity contribution in [3.63, 3.8) is 0 Å². The molecule has 2 aromatic carbocycles. The maximum Gasteiger partial charge on any atom is 0.329 e. The number of carbonyl (C=O) groups is 2. The van der Waals surface area contributed by atoms with Crippen LogP contribution in [-0.4, -0.2) is 28.3 Å². The third-order valence-corrected chi connectivity index (χ3v) is 4.00. The summed E-state index contributed by atoms with van der Waals surface area (Å²) in [5.41, 5.74) is 1.08. The van der Waals surface area contributed by atoms with Gasteiger partial charge >= 0.3 is 11.7 Å². The average Bonchev–Trinajstić information content (AvgIpc) is 2.95. The lowest BCUT2D eigenvalue weighted by Gasteiger charge is -2.08. The molecule has 8 nitrogen and oxygen atoms in total. The predicted molar refractivity (Wildman–Crippen MR) is 102 cm³/mol. The van der Waals surface area contributed by atoms with Crippen molar-refractivity contribution in [1.29, 1.82) is 0 Å². The van der Waals surface area contributed by atoms with E-state index in [0.29, 0.717) is 5.56 Å². The van der Waals surface area contributed by atoms with Crippen LogP contribution in [0, 0.1) is 10.1 Å². The third kappa shape index (κ3) is 4.07. The Morgan fingerprint density at radius 1 is 1.18 bits per heavy atom. The lowest BCUT2D eigenvalue weighted by Crippen LogP contribution is -2.30. The lowest BCUT2D eigenvalue weighted by atomic mass is 10.1. The molecule has 0 saturated carbocycles. The van der Waals surface area contributed by atoms with Crippen molar-refractivity contribution in [2.45, 2.75) is 6.61 Å². The van der Waals surface area contributed by atoms with Gasteiger partial charge in [-0.15, -0.1) is 6.58 Å². The van der Waals surface area contributed by atoms with E-state index in [1.54, 1.807) is 6.07 Å². The molecule has 1 fully saturated rings. The molecule has 28 heavy (non-hydrogen) atoms. The van der Waals surface area contributed by atoms with Crippen LogP contribution < -0.4 is 10.1 Å². The molecule has 0 spiro atoms. The molecule has 1 N–H and O–H groups in total. The minimum atomic E-state index is -0.562. The van der Waals surface area contributed by atoms with Gasteiger partial charge in [-0.25, -0.2) is 4.79 Å². The fourth-order valence-corrected chi connectivity index (χ4v) is 2.66. The number of hydrogen-bond acceptors (Lipinski definition) is 5. The van der Waals surface area contributed by atoms with Crippen molar-refractivity contribution in [3.8, 4) is 5.75 Å². The van der Waals surface area contributed by atoms with E-state index < -0.39 is 16.9 Å². The minimum Gasteiger partial charge on any atom is -0.482 e. The number of nitrogens with zero attached hydrogens (tertiary/aromatic N) is 2. The highest BCUT2D eigenvalue weighted by atomic mass is 16.6. The third-order valence-electron chi connectivity index (χ3n) is 4.00. The van der Waals surface area contributed by atoms with Gasteiger partial charge in [-0.05, 0) is 23.3 Å². The Morgan fingerprint density at radius 3 is 2.61 bits per heavy atom. The Bertz CT molecular complexity index is 969. The smallest absolute Gasteiger partial charge is 0.329 e. The predicted octanol–water partition coefficient (Wildman–Crippen LogP) is 3.25. The summed E-state index contributed by atoms with van der Waals surface area (Å²) in [6.07, 6.45) is 2.82. The maximum absolute atomic E-state index is 12.2. The SMILES string of the molecule is C=CCN1C(=O)N/C(=C/c2ccc(OCc3ccccc3)c([N+](=O)[O-])c2)C1=O. The van der Waals surface area contributed by atoms with Gasteiger partial charge in [0, 0.05) is 12.6 Å². The van der Waals surface area contributed by atoms with Crippen LogP contribution in [0.4, 0.5) is 10.5 Å². The molecule has 1 aliphatic heterocycles. The Hall–Kier alpha value is -3.94. The van der Waals surface area contributed by atoms with Crippen molar-refractivity contribution in [3.05, 3.63) is 88.1 Å². The summed E-state index contributed by atoms with van der Waals surface area (Å²) in [7, 11) is 0. The molecule has 1 heterocycles. The molecule has 8 heteroatoms.